The molecule has 0 saturated heterocycles. The van der Waals surface area contributed by atoms with Gasteiger partial charge in [0.15, 0.2) is 17.7 Å². The van der Waals surface area contributed by atoms with Crippen LogP contribution in [0.25, 0.3) is 0 Å². The third-order valence-electron chi connectivity index (χ3n) is 8.09. The molecule has 46 heavy (non-hydrogen) atoms. The van der Waals surface area contributed by atoms with Gasteiger partial charge in [0, 0.05) is 17.9 Å². The highest BCUT2D eigenvalue weighted by Gasteiger charge is 2.43. The van der Waals surface area contributed by atoms with Crippen molar-refractivity contribution in [3.05, 3.63) is 93.9 Å². The topological polar surface area (TPSA) is 131 Å². The largest absolute Gasteiger partial charge is 0.479 e. The van der Waals surface area contributed by atoms with E-state index >= 15 is 0 Å². The lowest BCUT2D eigenvalue weighted by Crippen LogP contribution is -2.28. The first-order valence-electron chi connectivity index (χ1n) is 15.3. The smallest absolute Gasteiger partial charge is 0.246 e. The highest BCUT2D eigenvalue weighted by Crippen LogP contribution is 2.47. The van der Waals surface area contributed by atoms with Crippen LogP contribution in [-0.4, -0.2) is 52.8 Å². The Morgan fingerprint density at radius 2 is 1.57 bits per heavy atom. The van der Waals surface area contributed by atoms with Crippen LogP contribution >= 0.6 is 11.8 Å². The molecule has 2 atom stereocenters. The number of benzene rings is 2. The van der Waals surface area contributed by atoms with Gasteiger partial charge in [0.05, 0.1) is 38.1 Å². The third-order valence-corrected chi connectivity index (χ3v) is 9.27. The molecule has 4 N–H and O–H groups in total. The number of fused-ring (bicyclic) bond motifs is 1. The van der Waals surface area contributed by atoms with E-state index in [0.29, 0.717) is 23.7 Å². The van der Waals surface area contributed by atoms with Crippen LogP contribution < -0.4 is 20.1 Å². The standard InChI is InChI=1S/C35H44N4O6S/c1-21-15-26-27(35(4,5)45-34(26,2)3)17-23(21)16-25-13-14-28(44-25)30(41)37-29-31(42-6)38-33(39-32(29)43-7)36-24(18-40)20-46-19-22-11-9-8-10-12-22/h8-15,17,24,30,37,40-41H,16,18-20H2,1-7H3,(H,36,38,39)/t24-,30?/m0/s1. The monoisotopic (exact) mass is 648 g/mol. The number of furan rings is 1. The van der Waals surface area contributed by atoms with E-state index in [-0.39, 0.29) is 47.2 Å². The van der Waals surface area contributed by atoms with Crippen molar-refractivity contribution >= 4 is 23.4 Å². The first-order chi connectivity index (χ1) is 21.9. The number of thioether (sulfide) groups is 1. The predicted molar refractivity (Wildman–Crippen MR) is 181 cm³/mol. The molecule has 10 nitrogen and oxygen atoms in total. The lowest BCUT2D eigenvalue weighted by atomic mass is 9.86. The van der Waals surface area contributed by atoms with Crippen LogP contribution in [0.15, 0.2) is 59.0 Å². The maximum atomic E-state index is 11.1. The predicted octanol–water partition coefficient (Wildman–Crippen LogP) is 6.30. The lowest BCUT2D eigenvalue weighted by molar-refractivity contribution is -0.105. The van der Waals surface area contributed by atoms with Crippen molar-refractivity contribution in [1.29, 1.82) is 0 Å². The number of aryl methyl sites for hydroxylation is 1. The highest BCUT2D eigenvalue weighted by atomic mass is 32.2. The van der Waals surface area contributed by atoms with Gasteiger partial charge >= 0.3 is 0 Å². The summed E-state index contributed by atoms with van der Waals surface area (Å²) in [4.78, 5) is 8.92. The Balaban J connectivity index is 1.27. The van der Waals surface area contributed by atoms with Gasteiger partial charge in [-0.2, -0.15) is 21.7 Å². The Labute approximate surface area is 274 Å². The average Bonchev–Trinajstić information content (AvgIpc) is 3.56. The van der Waals surface area contributed by atoms with Crippen molar-refractivity contribution in [2.24, 2.45) is 0 Å². The van der Waals surface area contributed by atoms with Gasteiger partial charge < -0.3 is 39.5 Å². The number of hydrogen-bond acceptors (Lipinski definition) is 11. The van der Waals surface area contributed by atoms with Gasteiger partial charge in [0.2, 0.25) is 17.7 Å². The Morgan fingerprint density at radius 3 is 2.20 bits per heavy atom. The maximum absolute atomic E-state index is 11.1. The number of aliphatic hydroxyl groups excluding tert-OH is 2. The molecule has 5 rings (SSSR count). The van der Waals surface area contributed by atoms with Crippen LogP contribution in [0.2, 0.25) is 0 Å². The van der Waals surface area contributed by atoms with Crippen LogP contribution in [-0.2, 0) is 28.1 Å². The zero-order valence-corrected chi connectivity index (χ0v) is 28.3. The average molecular weight is 649 g/mol. The number of nitrogens with one attached hydrogen (secondary N) is 2. The molecule has 0 bridgehead atoms. The fourth-order valence-electron chi connectivity index (χ4n) is 5.84. The van der Waals surface area contributed by atoms with Crippen molar-refractivity contribution < 1.29 is 28.8 Å². The summed E-state index contributed by atoms with van der Waals surface area (Å²) >= 11 is 1.69. The molecule has 11 heteroatoms. The van der Waals surface area contributed by atoms with Crippen LogP contribution in [0.3, 0.4) is 0 Å². The fourth-order valence-corrected chi connectivity index (χ4v) is 6.86. The lowest BCUT2D eigenvalue weighted by Gasteiger charge is -2.24. The molecule has 0 radical (unpaired) electrons. The molecule has 1 unspecified atom stereocenters. The van der Waals surface area contributed by atoms with Gasteiger partial charge in [-0.15, -0.1) is 0 Å². The Morgan fingerprint density at radius 1 is 0.913 bits per heavy atom. The minimum Gasteiger partial charge on any atom is -0.479 e. The number of anilines is 2. The summed E-state index contributed by atoms with van der Waals surface area (Å²) in [5, 5.41) is 27.2. The van der Waals surface area contributed by atoms with Gasteiger partial charge in [-0.05, 0) is 74.6 Å². The second-order valence-corrected chi connectivity index (χ2v) is 13.5. The molecular formula is C35H44N4O6S. The third kappa shape index (κ3) is 7.44. The molecule has 1 aliphatic rings. The van der Waals surface area contributed by atoms with E-state index in [4.69, 9.17) is 18.6 Å². The summed E-state index contributed by atoms with van der Waals surface area (Å²) in [6.45, 7) is 10.4. The minimum absolute atomic E-state index is 0.107. The van der Waals surface area contributed by atoms with E-state index in [9.17, 15) is 10.2 Å². The Kier molecular flexibility index (Phi) is 10.2. The molecule has 4 aromatic rings. The van der Waals surface area contributed by atoms with Crippen molar-refractivity contribution in [2.75, 3.05) is 37.2 Å². The molecule has 2 aromatic heterocycles. The Hall–Kier alpha value is -3.77. The number of aromatic nitrogens is 2. The SMILES string of the molecule is COc1nc(N[C@@H](CO)CSCc2ccccc2)nc(OC)c1NC(O)c1ccc(Cc2cc3c(cc2C)C(C)(C)OC3(C)C)o1. The molecule has 246 valence electrons. The summed E-state index contributed by atoms with van der Waals surface area (Å²) in [6, 6.07) is 17.9. The number of nitrogens with zero attached hydrogens (tertiary/aromatic N) is 2. The maximum Gasteiger partial charge on any atom is 0.246 e. The molecule has 3 heterocycles. The summed E-state index contributed by atoms with van der Waals surface area (Å²) in [6.07, 6.45) is -0.665. The van der Waals surface area contributed by atoms with Crippen LogP contribution in [0, 0.1) is 6.92 Å². The van der Waals surface area contributed by atoms with Crippen LogP contribution in [0.5, 0.6) is 11.8 Å². The second-order valence-electron chi connectivity index (χ2n) is 12.4. The normalized spacial score (nSPS) is 16.0. The number of ether oxygens (including phenoxy) is 3. The van der Waals surface area contributed by atoms with E-state index in [2.05, 4.69) is 79.5 Å². The van der Waals surface area contributed by atoms with Crippen LogP contribution in [0.1, 0.15) is 73.3 Å². The van der Waals surface area contributed by atoms with Gasteiger partial charge in [-0.3, -0.25) is 0 Å². The summed E-state index contributed by atoms with van der Waals surface area (Å²) in [5.41, 5.74) is 5.42. The molecule has 1 aliphatic heterocycles. The number of methoxy groups -OCH3 is 2. The second kappa shape index (κ2) is 13.9. The summed E-state index contributed by atoms with van der Waals surface area (Å²) < 4.78 is 23.5. The molecule has 2 aromatic carbocycles. The van der Waals surface area contributed by atoms with Crippen molar-refractivity contribution in [2.45, 2.75) is 70.3 Å². The van der Waals surface area contributed by atoms with Gasteiger partial charge in [0.25, 0.3) is 0 Å². The van der Waals surface area contributed by atoms with Gasteiger partial charge in [-0.25, -0.2) is 0 Å². The molecule has 0 spiro atoms. The zero-order valence-electron chi connectivity index (χ0n) is 27.5. The van der Waals surface area contributed by atoms with E-state index in [0.717, 1.165) is 16.9 Å². The van der Waals surface area contributed by atoms with E-state index < -0.39 is 6.23 Å². The van der Waals surface area contributed by atoms with E-state index in [1.807, 2.05) is 24.3 Å². The van der Waals surface area contributed by atoms with Gasteiger partial charge in [-0.1, -0.05) is 42.5 Å². The number of hydrogen-bond donors (Lipinski definition) is 4. The van der Waals surface area contributed by atoms with E-state index in [1.54, 1.807) is 17.8 Å². The quantitative estimate of drug-likeness (QED) is 0.115. The first-order valence-corrected chi connectivity index (χ1v) is 16.5. The zero-order chi connectivity index (χ0) is 33.1. The van der Waals surface area contributed by atoms with Crippen LogP contribution in [0.4, 0.5) is 11.6 Å². The van der Waals surface area contributed by atoms with Gasteiger partial charge in [0.1, 0.15) is 5.76 Å². The van der Waals surface area contributed by atoms with Crippen molar-refractivity contribution in [3.63, 3.8) is 0 Å². The summed E-state index contributed by atoms with van der Waals surface area (Å²) in [5.74, 6) is 3.04. The number of rotatable bonds is 14. The first kappa shape index (κ1) is 33.6. The molecule has 0 saturated carbocycles. The molecule has 0 aliphatic carbocycles. The van der Waals surface area contributed by atoms with Crippen molar-refractivity contribution in [1.82, 2.24) is 9.97 Å². The molecular weight excluding hydrogens is 604 g/mol. The summed E-state index contributed by atoms with van der Waals surface area (Å²) in [7, 11) is 2.94. The highest BCUT2D eigenvalue weighted by molar-refractivity contribution is 7.98. The minimum atomic E-state index is -1.23. The Bertz CT molecular complexity index is 1620. The molecule has 0 amide bonds. The fraction of sp³-hybridized carbons (Fsp3) is 0.429. The van der Waals surface area contributed by atoms with Crippen molar-refractivity contribution in [3.8, 4) is 11.8 Å². The van der Waals surface area contributed by atoms with E-state index in [1.165, 1.54) is 30.9 Å². The molecule has 0 fully saturated rings. The number of aliphatic hydroxyl groups is 2.